The Labute approximate surface area is 369 Å². The summed E-state index contributed by atoms with van der Waals surface area (Å²) in [4.78, 5) is 18.3. The van der Waals surface area contributed by atoms with Crippen molar-refractivity contribution in [2.24, 2.45) is 5.14 Å². The summed E-state index contributed by atoms with van der Waals surface area (Å²) in [6.45, 7) is 0. The molecule has 0 saturated heterocycles. The topological polar surface area (TPSA) is 180 Å². The number of nitrogens with one attached hydrogen (secondary N) is 2. The molecule has 4 aromatic heterocycles. The fourth-order valence-corrected chi connectivity index (χ4v) is 8.32. The first-order valence-corrected chi connectivity index (χ1v) is 23.4. The van der Waals surface area contributed by atoms with Gasteiger partial charge in [-0.2, -0.15) is 0 Å². The number of anilines is 4. The van der Waals surface area contributed by atoms with Crippen molar-refractivity contribution in [3.8, 4) is 34.2 Å². The van der Waals surface area contributed by atoms with Gasteiger partial charge in [0.2, 0.25) is 10.0 Å². The molecule has 316 valence electrons. The Morgan fingerprint density at radius 2 is 0.891 bits per heavy atom. The zero-order valence-corrected chi connectivity index (χ0v) is 35.8. The largest absolute Gasteiger partial charge is 0.356 e. The van der Waals surface area contributed by atoms with Crippen LogP contribution in [0.5, 0.6) is 0 Å². The van der Waals surface area contributed by atoms with Crippen molar-refractivity contribution in [2.75, 3.05) is 16.9 Å². The molecule has 0 unspecified atom stereocenters. The van der Waals surface area contributed by atoms with E-state index in [0.29, 0.717) is 5.82 Å². The van der Waals surface area contributed by atoms with E-state index < -0.39 is 19.9 Å². The number of sulfonamides is 1. The number of hydrogen-bond donors (Lipinski definition) is 3. The van der Waals surface area contributed by atoms with Gasteiger partial charge in [0.15, 0.2) is 9.84 Å². The van der Waals surface area contributed by atoms with Gasteiger partial charge in [-0.15, -0.1) is 0 Å². The van der Waals surface area contributed by atoms with E-state index in [1.165, 1.54) is 18.4 Å². The first-order chi connectivity index (χ1) is 31.0. The van der Waals surface area contributed by atoms with Gasteiger partial charge >= 0.3 is 0 Å². The average Bonchev–Trinajstić information content (AvgIpc) is 3.90. The molecule has 0 aliphatic carbocycles. The van der Waals surface area contributed by atoms with E-state index in [1.807, 2.05) is 126 Å². The van der Waals surface area contributed by atoms with Gasteiger partial charge in [0.05, 0.1) is 38.7 Å². The summed E-state index contributed by atoms with van der Waals surface area (Å²) in [5.74, 6) is 1.40. The summed E-state index contributed by atoms with van der Waals surface area (Å²) in [6, 6.07) is 53.0. The molecule has 0 fully saturated rings. The van der Waals surface area contributed by atoms with Gasteiger partial charge in [0, 0.05) is 63.9 Å². The molecule has 0 spiro atoms. The summed E-state index contributed by atoms with van der Waals surface area (Å²) in [5, 5.41) is 12.0. The highest BCUT2D eigenvalue weighted by Gasteiger charge is 2.18. The summed E-state index contributed by atoms with van der Waals surface area (Å²) < 4.78 is 51.0. The lowest BCUT2D eigenvalue weighted by Crippen LogP contribution is -2.11. The quantitative estimate of drug-likeness (QED) is 0.120. The number of imidazole rings is 2. The number of para-hydroxylation sites is 2. The average molecular weight is 882 g/mol. The second kappa shape index (κ2) is 17.4. The molecule has 0 amide bonds. The van der Waals surface area contributed by atoms with Crippen molar-refractivity contribution in [2.45, 2.75) is 9.79 Å². The molecule has 0 aliphatic heterocycles. The maximum Gasteiger partial charge on any atom is 0.238 e. The summed E-state index contributed by atoms with van der Waals surface area (Å²) in [5.41, 5.74) is 10.7. The number of rotatable bonds is 10. The number of pyridine rings is 2. The lowest BCUT2D eigenvalue weighted by Gasteiger charge is -2.12. The highest BCUT2D eigenvalue weighted by molar-refractivity contribution is 7.90. The molecule has 0 radical (unpaired) electrons. The van der Waals surface area contributed by atoms with Crippen LogP contribution in [0.2, 0.25) is 0 Å². The number of hydrogen-bond acceptors (Lipinski definition) is 10. The first kappa shape index (κ1) is 41.4. The molecular formula is C49H39N9O4S2. The van der Waals surface area contributed by atoms with Gasteiger partial charge in [0.25, 0.3) is 0 Å². The van der Waals surface area contributed by atoms with Crippen molar-refractivity contribution >= 4 is 64.7 Å². The minimum absolute atomic E-state index is 0.0573. The van der Waals surface area contributed by atoms with E-state index in [9.17, 15) is 16.8 Å². The normalized spacial score (nSPS) is 11.5. The van der Waals surface area contributed by atoms with Crippen LogP contribution >= 0.6 is 0 Å². The van der Waals surface area contributed by atoms with Crippen molar-refractivity contribution in [1.82, 2.24) is 29.1 Å². The third kappa shape index (κ3) is 8.98. The van der Waals surface area contributed by atoms with E-state index in [0.717, 1.165) is 73.1 Å². The van der Waals surface area contributed by atoms with Crippen LogP contribution < -0.4 is 15.8 Å². The van der Waals surface area contributed by atoms with Gasteiger partial charge in [-0.05, 0) is 133 Å². The smallest absolute Gasteiger partial charge is 0.238 e. The highest BCUT2D eigenvalue weighted by atomic mass is 32.2. The molecular weight excluding hydrogens is 843 g/mol. The number of nitrogens with two attached hydrogens (primary N) is 1. The van der Waals surface area contributed by atoms with Gasteiger partial charge in [-0.1, -0.05) is 36.4 Å². The molecule has 4 heterocycles. The summed E-state index contributed by atoms with van der Waals surface area (Å²) >= 11 is 0. The Morgan fingerprint density at radius 1 is 0.453 bits per heavy atom. The molecule has 4 N–H and O–H groups in total. The van der Waals surface area contributed by atoms with Gasteiger partial charge < -0.3 is 10.6 Å². The molecule has 0 bridgehead atoms. The van der Waals surface area contributed by atoms with Crippen molar-refractivity contribution in [3.63, 3.8) is 0 Å². The standard InChI is InChI=1S/C25H20N4O2S.C24H19N5O2S/c1-32(30,31)22-13-7-18(8-14-22)25-28-23-17-26-16-15-24(23)29(25)21-11-9-20(10-12-21)27-19-5-3-2-4-6-19;25-32(30,31)21-12-6-17(7-13-21)24-28-22-14-15-26-16-23(22)29(24)20-10-8-19(9-11-20)27-18-4-2-1-3-5-18/h2-17,27H,1H3;1-16,27H,(H2,25,30,31). The molecule has 10 rings (SSSR count). The predicted octanol–water partition coefficient (Wildman–Crippen LogP) is 9.71. The maximum absolute atomic E-state index is 11.8. The lowest BCUT2D eigenvalue weighted by molar-refractivity contribution is 0.597. The summed E-state index contributed by atoms with van der Waals surface area (Å²) in [6.07, 6.45) is 8.13. The Bertz CT molecular complexity index is 3220. The van der Waals surface area contributed by atoms with Crippen molar-refractivity contribution in [3.05, 3.63) is 195 Å². The Hall–Kier alpha value is -7.98. The molecule has 0 atom stereocenters. The Balaban J connectivity index is 0.000000162. The predicted molar refractivity (Wildman–Crippen MR) is 253 cm³/mol. The van der Waals surface area contributed by atoms with Gasteiger partial charge in [-0.3, -0.25) is 19.1 Å². The number of nitrogens with zero attached hydrogens (tertiary/aromatic N) is 6. The van der Waals surface area contributed by atoms with Crippen LogP contribution in [0.1, 0.15) is 0 Å². The number of fused-ring (bicyclic) bond motifs is 2. The minimum Gasteiger partial charge on any atom is -0.356 e. The maximum atomic E-state index is 11.8. The highest BCUT2D eigenvalue weighted by Crippen LogP contribution is 2.32. The number of primary sulfonamides is 1. The number of sulfone groups is 1. The monoisotopic (exact) mass is 881 g/mol. The molecule has 64 heavy (non-hydrogen) atoms. The van der Waals surface area contributed by atoms with Crippen LogP contribution in [0.3, 0.4) is 0 Å². The molecule has 0 aliphatic rings. The number of benzene rings is 6. The van der Waals surface area contributed by atoms with Crippen molar-refractivity contribution < 1.29 is 16.8 Å². The molecule has 0 saturated carbocycles. The van der Waals surface area contributed by atoms with Crippen LogP contribution in [0.4, 0.5) is 22.7 Å². The van der Waals surface area contributed by atoms with Crippen LogP contribution in [0.15, 0.2) is 204 Å². The van der Waals surface area contributed by atoms with E-state index in [4.69, 9.17) is 15.1 Å². The zero-order valence-electron chi connectivity index (χ0n) is 34.2. The minimum atomic E-state index is -3.76. The first-order valence-electron chi connectivity index (χ1n) is 19.9. The molecule has 15 heteroatoms. The Kier molecular flexibility index (Phi) is 11.3. The van der Waals surface area contributed by atoms with Gasteiger partial charge in [-0.25, -0.2) is 31.9 Å². The SMILES string of the molecule is CS(=O)(=O)c1ccc(-c2nc3cnccc3n2-c2ccc(Nc3ccccc3)cc2)cc1.NS(=O)(=O)c1ccc(-c2nc3ccncc3n2-c2ccc(Nc3ccccc3)cc2)cc1. The molecule has 10 aromatic rings. The van der Waals surface area contributed by atoms with E-state index in [1.54, 1.807) is 61.2 Å². The van der Waals surface area contributed by atoms with Crippen molar-refractivity contribution in [1.29, 1.82) is 0 Å². The lowest BCUT2D eigenvalue weighted by atomic mass is 10.2. The fraction of sp³-hybridized carbons (Fsp3) is 0.0204. The number of aromatic nitrogens is 6. The second-order valence-corrected chi connectivity index (χ2v) is 18.3. The van der Waals surface area contributed by atoms with E-state index >= 15 is 0 Å². The van der Waals surface area contributed by atoms with Gasteiger partial charge in [0.1, 0.15) is 17.2 Å². The van der Waals surface area contributed by atoms with E-state index in [-0.39, 0.29) is 9.79 Å². The van der Waals surface area contributed by atoms with E-state index in [2.05, 4.69) is 25.2 Å². The third-order valence-corrected chi connectivity index (χ3v) is 12.3. The second-order valence-electron chi connectivity index (χ2n) is 14.7. The van der Waals surface area contributed by atoms with Crippen LogP contribution in [-0.4, -0.2) is 52.2 Å². The molecule has 6 aromatic carbocycles. The molecule has 13 nitrogen and oxygen atoms in total. The van der Waals surface area contributed by atoms with Crippen LogP contribution in [-0.2, 0) is 19.9 Å². The zero-order chi connectivity index (χ0) is 44.3. The summed E-state index contributed by atoms with van der Waals surface area (Å²) in [7, 11) is -7.03. The fourth-order valence-electron chi connectivity index (χ4n) is 7.17. The van der Waals surface area contributed by atoms with Crippen LogP contribution in [0, 0.1) is 0 Å². The van der Waals surface area contributed by atoms with Crippen LogP contribution in [0.25, 0.3) is 56.2 Å². The Morgan fingerprint density at radius 3 is 1.39 bits per heavy atom. The third-order valence-electron chi connectivity index (χ3n) is 10.3.